The summed E-state index contributed by atoms with van der Waals surface area (Å²) in [5.74, 6) is -1.22. The van der Waals surface area contributed by atoms with Crippen LogP contribution >= 0.6 is 0 Å². The summed E-state index contributed by atoms with van der Waals surface area (Å²) in [6.45, 7) is 4.11. The van der Waals surface area contributed by atoms with Gasteiger partial charge in [0.2, 0.25) is 0 Å². The van der Waals surface area contributed by atoms with Crippen molar-refractivity contribution < 1.29 is 14.4 Å². The molecule has 0 aromatic rings. The van der Waals surface area contributed by atoms with Gasteiger partial charge in [-0.05, 0) is 6.42 Å². The maximum Gasteiger partial charge on any atom is 0.344 e. The molecule has 1 heterocycles. The lowest BCUT2D eigenvalue weighted by atomic mass is 10.00. The number of hydrazone groups is 1. The quantitative estimate of drug-likeness (QED) is 0.641. The van der Waals surface area contributed by atoms with Crippen LogP contribution in [-0.4, -0.2) is 29.7 Å². The molecule has 0 bridgehead atoms. The van der Waals surface area contributed by atoms with Crippen molar-refractivity contribution in [3.05, 3.63) is 0 Å². The normalized spacial score (nSPS) is 16.5. The molecule has 1 aliphatic heterocycles. The second-order valence-electron chi connectivity index (χ2n) is 3.35. The molecule has 0 fully saturated rings. The van der Waals surface area contributed by atoms with Gasteiger partial charge in [-0.25, -0.2) is 4.79 Å². The maximum atomic E-state index is 11.6. The fourth-order valence-electron chi connectivity index (χ4n) is 1.38. The Kier molecular flexibility index (Phi) is 4.27. The van der Waals surface area contributed by atoms with Gasteiger partial charge in [-0.2, -0.15) is 5.10 Å². The van der Waals surface area contributed by atoms with Crippen LogP contribution in [0, 0.1) is 5.92 Å². The van der Waals surface area contributed by atoms with Gasteiger partial charge in [0, 0.05) is 19.1 Å². The molecule has 0 N–H and O–H groups in total. The van der Waals surface area contributed by atoms with E-state index in [4.69, 9.17) is 4.84 Å². The Morgan fingerprint density at radius 2 is 2.27 bits per heavy atom. The van der Waals surface area contributed by atoms with Crippen LogP contribution in [0.2, 0.25) is 0 Å². The minimum atomic E-state index is -0.647. The van der Waals surface area contributed by atoms with Gasteiger partial charge in [-0.15, -0.1) is 5.17 Å². The molecule has 0 amide bonds. The summed E-state index contributed by atoms with van der Waals surface area (Å²) in [5, 5.41) is 5.06. The Labute approximate surface area is 89.0 Å². The Morgan fingerprint density at radius 1 is 1.53 bits per heavy atom. The van der Waals surface area contributed by atoms with E-state index in [0.29, 0.717) is 19.4 Å². The van der Waals surface area contributed by atoms with Crippen molar-refractivity contribution >= 4 is 18.0 Å². The van der Waals surface area contributed by atoms with Gasteiger partial charge in [0.1, 0.15) is 11.7 Å². The standard InChI is InChI=1S/C10H16N2O3/c1-3-8(9(13)4-2)10(14)15-12-7-5-6-11-12/h6,8H,3-5,7H2,1-2H3. The lowest BCUT2D eigenvalue weighted by Gasteiger charge is -2.16. The van der Waals surface area contributed by atoms with Crippen LogP contribution in [-0.2, 0) is 14.4 Å². The molecule has 0 saturated carbocycles. The molecular formula is C10H16N2O3. The highest BCUT2D eigenvalue weighted by Gasteiger charge is 2.27. The summed E-state index contributed by atoms with van der Waals surface area (Å²) in [5.41, 5.74) is 0. The summed E-state index contributed by atoms with van der Waals surface area (Å²) in [6, 6.07) is 0. The number of hydrogen-bond donors (Lipinski definition) is 0. The van der Waals surface area contributed by atoms with E-state index >= 15 is 0 Å². The third kappa shape index (κ3) is 3.04. The van der Waals surface area contributed by atoms with Crippen molar-refractivity contribution in [2.75, 3.05) is 6.54 Å². The first-order chi connectivity index (χ1) is 7.19. The Morgan fingerprint density at radius 3 is 2.73 bits per heavy atom. The van der Waals surface area contributed by atoms with Crippen LogP contribution in [0.1, 0.15) is 33.1 Å². The van der Waals surface area contributed by atoms with Gasteiger partial charge in [0.25, 0.3) is 0 Å². The van der Waals surface area contributed by atoms with Gasteiger partial charge in [0.15, 0.2) is 0 Å². The zero-order valence-electron chi connectivity index (χ0n) is 9.10. The van der Waals surface area contributed by atoms with Gasteiger partial charge < -0.3 is 4.84 Å². The lowest BCUT2D eigenvalue weighted by Crippen LogP contribution is -2.30. The average Bonchev–Trinajstić information content (AvgIpc) is 2.71. The number of Topliss-reactive ketones (excluding diaryl/α,β-unsaturated/α-hetero) is 1. The SMILES string of the molecule is CCC(=O)C(CC)C(=O)ON1CCC=N1. The van der Waals surface area contributed by atoms with E-state index in [2.05, 4.69) is 5.10 Å². The topological polar surface area (TPSA) is 59.0 Å². The maximum absolute atomic E-state index is 11.6. The van der Waals surface area contributed by atoms with Crippen LogP contribution < -0.4 is 0 Å². The molecular weight excluding hydrogens is 196 g/mol. The number of hydroxylamine groups is 1. The molecule has 5 heteroatoms. The third-order valence-electron chi connectivity index (χ3n) is 2.29. The van der Waals surface area contributed by atoms with Crippen LogP contribution in [0.25, 0.3) is 0 Å². The average molecular weight is 212 g/mol. The van der Waals surface area contributed by atoms with E-state index < -0.39 is 11.9 Å². The first kappa shape index (κ1) is 11.7. The molecule has 0 radical (unpaired) electrons. The lowest BCUT2D eigenvalue weighted by molar-refractivity contribution is -0.193. The molecule has 1 atom stereocenters. The number of carbonyl (C=O) groups is 2. The fraction of sp³-hybridized carbons (Fsp3) is 0.700. The first-order valence-electron chi connectivity index (χ1n) is 5.23. The van der Waals surface area contributed by atoms with Gasteiger partial charge >= 0.3 is 5.97 Å². The van der Waals surface area contributed by atoms with Crippen molar-refractivity contribution in [2.24, 2.45) is 11.0 Å². The van der Waals surface area contributed by atoms with Crippen molar-refractivity contribution in [1.29, 1.82) is 0 Å². The zero-order chi connectivity index (χ0) is 11.3. The molecule has 0 aliphatic carbocycles. The highest BCUT2D eigenvalue weighted by Crippen LogP contribution is 2.12. The number of nitrogens with zero attached hydrogens (tertiary/aromatic N) is 2. The van der Waals surface area contributed by atoms with E-state index in [1.807, 2.05) is 0 Å². The Bertz CT molecular complexity index is 276. The molecule has 15 heavy (non-hydrogen) atoms. The summed E-state index contributed by atoms with van der Waals surface area (Å²) >= 11 is 0. The number of ketones is 1. The predicted octanol–water partition coefficient (Wildman–Crippen LogP) is 1.14. The first-order valence-corrected chi connectivity index (χ1v) is 5.23. The largest absolute Gasteiger partial charge is 0.344 e. The second-order valence-corrected chi connectivity index (χ2v) is 3.35. The van der Waals surface area contributed by atoms with Gasteiger partial charge in [-0.1, -0.05) is 13.8 Å². The van der Waals surface area contributed by atoms with Crippen LogP contribution in [0.3, 0.4) is 0 Å². The minimum Gasteiger partial charge on any atom is -0.323 e. The highest BCUT2D eigenvalue weighted by atomic mass is 16.7. The molecule has 84 valence electrons. The fourth-order valence-corrected chi connectivity index (χ4v) is 1.38. The smallest absolute Gasteiger partial charge is 0.323 e. The van der Waals surface area contributed by atoms with Crippen LogP contribution in [0.4, 0.5) is 0 Å². The summed E-state index contributed by atoms with van der Waals surface area (Å²) in [4.78, 5) is 27.9. The number of hydrogen-bond acceptors (Lipinski definition) is 5. The molecule has 0 saturated heterocycles. The molecule has 1 aliphatic rings. The third-order valence-corrected chi connectivity index (χ3v) is 2.29. The van der Waals surface area contributed by atoms with Crippen molar-refractivity contribution in [3.63, 3.8) is 0 Å². The van der Waals surface area contributed by atoms with Crippen LogP contribution in [0.15, 0.2) is 5.10 Å². The summed E-state index contributed by atoms with van der Waals surface area (Å²) in [6.07, 6.45) is 3.28. The van der Waals surface area contributed by atoms with E-state index in [1.165, 1.54) is 5.17 Å². The van der Waals surface area contributed by atoms with Crippen molar-refractivity contribution in [3.8, 4) is 0 Å². The Balaban J connectivity index is 2.49. The molecule has 0 spiro atoms. The van der Waals surface area contributed by atoms with Gasteiger partial charge in [0.05, 0.1) is 6.54 Å². The molecule has 1 unspecified atom stereocenters. The van der Waals surface area contributed by atoms with Crippen molar-refractivity contribution in [2.45, 2.75) is 33.1 Å². The molecule has 1 rings (SSSR count). The summed E-state index contributed by atoms with van der Waals surface area (Å²) in [7, 11) is 0. The number of carbonyl (C=O) groups excluding carboxylic acids is 2. The molecule has 0 aromatic carbocycles. The zero-order valence-corrected chi connectivity index (χ0v) is 9.10. The summed E-state index contributed by atoms with van der Waals surface area (Å²) < 4.78 is 0. The minimum absolute atomic E-state index is 0.0781. The Hall–Kier alpha value is -1.39. The van der Waals surface area contributed by atoms with Gasteiger partial charge in [-0.3, -0.25) is 4.79 Å². The molecule has 5 nitrogen and oxygen atoms in total. The van der Waals surface area contributed by atoms with Crippen molar-refractivity contribution in [1.82, 2.24) is 5.17 Å². The van der Waals surface area contributed by atoms with E-state index in [9.17, 15) is 9.59 Å². The highest BCUT2D eigenvalue weighted by molar-refractivity contribution is 5.98. The van der Waals surface area contributed by atoms with E-state index in [-0.39, 0.29) is 5.78 Å². The number of rotatable bonds is 5. The van der Waals surface area contributed by atoms with E-state index in [0.717, 1.165) is 6.42 Å². The van der Waals surface area contributed by atoms with E-state index in [1.54, 1.807) is 20.1 Å². The second kappa shape index (κ2) is 5.48. The molecule has 0 aromatic heterocycles. The predicted molar refractivity (Wildman–Crippen MR) is 55.0 cm³/mol. The van der Waals surface area contributed by atoms with Crippen LogP contribution in [0.5, 0.6) is 0 Å². The monoisotopic (exact) mass is 212 g/mol.